The van der Waals surface area contributed by atoms with E-state index in [0.717, 1.165) is 11.1 Å². The van der Waals surface area contributed by atoms with E-state index in [-0.39, 0.29) is 63.3 Å². The van der Waals surface area contributed by atoms with Gasteiger partial charge in [-0.25, -0.2) is 17.9 Å². The van der Waals surface area contributed by atoms with Gasteiger partial charge in [-0.2, -0.15) is 0 Å². The Morgan fingerprint density at radius 1 is 0.804 bits per heavy atom. The molecule has 3 rings (SSSR count). The van der Waals surface area contributed by atoms with E-state index >= 15 is 0 Å². The highest BCUT2D eigenvalue weighted by atomic mass is 35.5. The van der Waals surface area contributed by atoms with Crippen LogP contribution in [0.3, 0.4) is 0 Å². The molecule has 51 heavy (non-hydrogen) atoms. The van der Waals surface area contributed by atoms with Gasteiger partial charge in [0.1, 0.15) is 6.10 Å². The van der Waals surface area contributed by atoms with Crippen molar-refractivity contribution < 1.29 is 37.8 Å². The van der Waals surface area contributed by atoms with Crippen LogP contribution in [0.4, 0.5) is 4.79 Å². The van der Waals surface area contributed by atoms with Gasteiger partial charge < -0.3 is 30.9 Å². The monoisotopic (exact) mass is 770 g/mol. The molecule has 6 N–H and O–H groups in total. The smallest absolute Gasteiger partial charge is 0.408 e. The minimum atomic E-state index is -3.84. The average molecular weight is 772 g/mol. The molecule has 0 aliphatic heterocycles. The minimum absolute atomic E-state index is 0. The number of carbonyl (C=O) groups is 3. The number of rotatable bonds is 16. The van der Waals surface area contributed by atoms with Gasteiger partial charge in [0.25, 0.3) is 11.8 Å². The normalized spacial score (nSPS) is 13.2. The number of benzene rings is 3. The van der Waals surface area contributed by atoms with Crippen LogP contribution in [0, 0.1) is 12.8 Å². The molecular weight excluding hydrogens is 719 g/mol. The first kappa shape index (κ1) is 47.3. The van der Waals surface area contributed by atoms with Gasteiger partial charge in [0.15, 0.2) is 12.2 Å². The lowest BCUT2D eigenvalue weighted by Crippen LogP contribution is -2.57. The summed E-state index contributed by atoms with van der Waals surface area (Å²) < 4.78 is 32.8. The zero-order valence-electron chi connectivity index (χ0n) is 26.7. The van der Waals surface area contributed by atoms with Crippen LogP contribution in [0.1, 0.15) is 52.8 Å². The number of sulfonamides is 1. The van der Waals surface area contributed by atoms with E-state index in [1.807, 2.05) is 37.3 Å². The second-order valence-corrected chi connectivity index (χ2v) is 14.0. The number of halogens is 2. The maximum atomic E-state index is 13.4. The third-order valence-electron chi connectivity index (χ3n) is 7.20. The topological polar surface area (TPSA) is 183 Å². The van der Waals surface area contributed by atoms with Gasteiger partial charge in [-0.1, -0.05) is 113 Å². The standard InChI is InChI=1S/C33H40Cl2N4O8S.3CH4/c1-20(2)30(47-33(44)37-19-22-7-5-4-6-8-22)32(43)39-27(18-23-11-14-25(34)26(35)17-23)28(40)29(41)31(42)36-15-16-38-48(45,46)24-12-9-21(3)10-13-24;;;/h4-14,17,20,27-30,38,40-41H,15-16,18-19H2,1-3H3,(H,36,42)(H,37,44)(H,39,43);3*1H4. The number of carbonyl (C=O) groups excluding carboxylic acids is 3. The van der Waals surface area contributed by atoms with Crippen LogP contribution in [0.25, 0.3) is 0 Å². The quantitative estimate of drug-likeness (QED) is 0.110. The number of aryl methyl sites for hydroxylation is 1. The molecule has 3 aromatic carbocycles. The lowest BCUT2D eigenvalue weighted by Gasteiger charge is -2.30. The number of amides is 3. The van der Waals surface area contributed by atoms with Crippen LogP contribution in [-0.2, 0) is 37.3 Å². The molecule has 0 bridgehead atoms. The van der Waals surface area contributed by atoms with Gasteiger partial charge in [0.2, 0.25) is 10.0 Å². The fraction of sp³-hybridized carbons (Fsp3) is 0.417. The predicted molar refractivity (Wildman–Crippen MR) is 202 cm³/mol. The Balaban J connectivity index is 0.00000833. The van der Waals surface area contributed by atoms with Crippen LogP contribution < -0.4 is 20.7 Å². The van der Waals surface area contributed by atoms with Crippen molar-refractivity contribution in [3.05, 3.63) is 99.5 Å². The highest BCUT2D eigenvalue weighted by molar-refractivity contribution is 7.89. The summed E-state index contributed by atoms with van der Waals surface area (Å²) in [6.07, 6.45) is -6.13. The van der Waals surface area contributed by atoms with E-state index in [0.29, 0.717) is 5.56 Å². The Labute approximate surface area is 312 Å². The summed E-state index contributed by atoms with van der Waals surface area (Å²) in [7, 11) is -3.84. The molecular formula is C36H52Cl2N4O8S. The first-order valence-electron chi connectivity index (χ1n) is 15.1. The fourth-order valence-electron chi connectivity index (χ4n) is 4.51. The first-order valence-corrected chi connectivity index (χ1v) is 17.3. The fourth-order valence-corrected chi connectivity index (χ4v) is 5.87. The van der Waals surface area contributed by atoms with Gasteiger partial charge in [0, 0.05) is 19.6 Å². The lowest BCUT2D eigenvalue weighted by atomic mass is 9.96. The van der Waals surface area contributed by atoms with E-state index in [1.54, 1.807) is 32.0 Å². The number of nitrogens with one attached hydrogen (secondary N) is 4. The van der Waals surface area contributed by atoms with Crippen LogP contribution in [0.5, 0.6) is 0 Å². The van der Waals surface area contributed by atoms with Crippen molar-refractivity contribution in [2.24, 2.45) is 5.92 Å². The molecule has 3 aromatic rings. The molecule has 0 aliphatic rings. The largest absolute Gasteiger partial charge is 0.436 e. The summed E-state index contributed by atoms with van der Waals surface area (Å²) in [6, 6.07) is 18.6. The predicted octanol–water partition coefficient (Wildman–Crippen LogP) is 5.00. The Morgan fingerprint density at radius 2 is 1.43 bits per heavy atom. The first-order chi connectivity index (χ1) is 22.7. The number of aliphatic hydroxyl groups excluding tert-OH is 2. The molecule has 0 radical (unpaired) electrons. The molecule has 12 nitrogen and oxygen atoms in total. The summed E-state index contributed by atoms with van der Waals surface area (Å²) in [5, 5.41) is 30.0. The van der Waals surface area contributed by atoms with E-state index in [4.69, 9.17) is 27.9 Å². The van der Waals surface area contributed by atoms with Gasteiger partial charge in [-0.3, -0.25) is 9.59 Å². The van der Waals surface area contributed by atoms with Gasteiger partial charge >= 0.3 is 6.09 Å². The van der Waals surface area contributed by atoms with Crippen LogP contribution in [0.2, 0.25) is 10.0 Å². The van der Waals surface area contributed by atoms with E-state index < -0.39 is 58.2 Å². The molecule has 284 valence electrons. The van der Waals surface area contributed by atoms with Crippen LogP contribution >= 0.6 is 23.2 Å². The van der Waals surface area contributed by atoms with Crippen molar-refractivity contribution >= 4 is 51.1 Å². The van der Waals surface area contributed by atoms with E-state index in [2.05, 4.69) is 20.7 Å². The van der Waals surface area contributed by atoms with E-state index in [9.17, 15) is 33.0 Å². The summed E-state index contributed by atoms with van der Waals surface area (Å²) in [5.74, 6) is -2.28. The molecule has 4 atom stereocenters. The van der Waals surface area contributed by atoms with Gasteiger partial charge in [-0.05, 0) is 54.7 Å². The molecule has 0 saturated carbocycles. The third kappa shape index (κ3) is 14.8. The number of aliphatic hydroxyl groups is 2. The molecule has 15 heteroatoms. The van der Waals surface area contributed by atoms with Gasteiger partial charge in [-0.15, -0.1) is 0 Å². The SMILES string of the molecule is C.C.C.Cc1ccc(S(=O)(=O)NCCNC(=O)C(O)C(O)C(Cc2ccc(Cl)c(Cl)c2)NC(=O)C(OC(=O)NCc2ccccc2)C(C)C)cc1. The maximum Gasteiger partial charge on any atom is 0.408 e. The zero-order chi connectivity index (χ0) is 35.4. The van der Waals surface area contributed by atoms with Crippen molar-refractivity contribution in [1.82, 2.24) is 20.7 Å². The Hall–Kier alpha value is -3.72. The molecule has 4 unspecified atom stereocenters. The molecule has 3 amide bonds. The minimum Gasteiger partial charge on any atom is -0.436 e. The molecule has 0 aliphatic carbocycles. The van der Waals surface area contributed by atoms with Crippen molar-refractivity contribution in [1.29, 1.82) is 0 Å². The van der Waals surface area contributed by atoms with Gasteiger partial charge in [0.05, 0.1) is 21.0 Å². The highest BCUT2D eigenvalue weighted by Gasteiger charge is 2.35. The van der Waals surface area contributed by atoms with Crippen molar-refractivity contribution in [3.8, 4) is 0 Å². The Morgan fingerprint density at radius 3 is 2.02 bits per heavy atom. The number of alkyl carbamates (subject to hydrolysis) is 1. The second kappa shape index (κ2) is 22.3. The van der Waals surface area contributed by atoms with Crippen molar-refractivity contribution in [3.63, 3.8) is 0 Å². The summed E-state index contributed by atoms with van der Waals surface area (Å²) >= 11 is 12.2. The molecule has 0 aromatic heterocycles. The number of hydrogen-bond acceptors (Lipinski definition) is 8. The number of hydrogen-bond donors (Lipinski definition) is 6. The summed E-state index contributed by atoms with van der Waals surface area (Å²) in [4.78, 5) is 38.9. The Kier molecular flexibility index (Phi) is 20.6. The lowest BCUT2D eigenvalue weighted by molar-refractivity contribution is -0.140. The zero-order valence-corrected chi connectivity index (χ0v) is 29.0. The second-order valence-electron chi connectivity index (χ2n) is 11.4. The van der Waals surface area contributed by atoms with Crippen LogP contribution in [0.15, 0.2) is 77.7 Å². The average Bonchev–Trinajstić information content (AvgIpc) is 3.05. The summed E-state index contributed by atoms with van der Waals surface area (Å²) in [5.41, 5.74) is 2.22. The molecule has 0 saturated heterocycles. The third-order valence-corrected chi connectivity index (χ3v) is 9.41. The summed E-state index contributed by atoms with van der Waals surface area (Å²) in [6.45, 7) is 4.90. The molecule has 0 spiro atoms. The Bertz CT molecular complexity index is 1640. The maximum absolute atomic E-state index is 13.4. The van der Waals surface area contributed by atoms with Crippen molar-refractivity contribution in [2.45, 2.75) is 85.3 Å². The molecule has 0 fully saturated rings. The molecule has 0 heterocycles. The van der Waals surface area contributed by atoms with E-state index in [1.165, 1.54) is 24.3 Å². The highest BCUT2D eigenvalue weighted by Crippen LogP contribution is 2.24. The number of ether oxygens (including phenoxy) is 1. The van der Waals surface area contributed by atoms with Crippen LogP contribution in [-0.4, -0.2) is 74.0 Å². The van der Waals surface area contributed by atoms with Crippen molar-refractivity contribution in [2.75, 3.05) is 13.1 Å².